The molecule has 1 aliphatic rings. The van der Waals surface area contributed by atoms with E-state index in [1.165, 1.54) is 32.4 Å². The smallest absolute Gasteiger partial charge is 0.0709 e. The third-order valence-electron chi connectivity index (χ3n) is 3.19. The van der Waals surface area contributed by atoms with Crippen LogP contribution < -0.4 is 5.73 Å². The number of hydrogen-bond acceptors (Lipinski definition) is 3. The van der Waals surface area contributed by atoms with Gasteiger partial charge in [-0.2, -0.15) is 0 Å². The molecule has 1 aliphatic carbocycles. The van der Waals surface area contributed by atoms with E-state index in [1.54, 1.807) is 0 Å². The van der Waals surface area contributed by atoms with Crippen molar-refractivity contribution in [1.82, 2.24) is 4.90 Å². The van der Waals surface area contributed by atoms with Crippen LogP contribution in [0.5, 0.6) is 0 Å². The Morgan fingerprint density at radius 2 is 2.06 bits per heavy atom. The fraction of sp³-hybridized carbons (Fsp3) is 1.00. The summed E-state index contributed by atoms with van der Waals surface area (Å²) in [4.78, 5) is 2.58. The summed E-state index contributed by atoms with van der Waals surface area (Å²) >= 11 is 0. The molecule has 0 aromatic rings. The SMILES string of the molecule is CCCN(CCC(CN)OCC)CC1CC1. The van der Waals surface area contributed by atoms with Gasteiger partial charge in [-0.15, -0.1) is 0 Å². The van der Waals surface area contributed by atoms with Gasteiger partial charge >= 0.3 is 0 Å². The average molecular weight is 228 g/mol. The minimum Gasteiger partial charge on any atom is -0.377 e. The Kier molecular flexibility index (Phi) is 7.01. The maximum atomic E-state index is 5.69. The summed E-state index contributed by atoms with van der Waals surface area (Å²) in [5.74, 6) is 0.981. The first-order valence-electron chi connectivity index (χ1n) is 6.84. The number of hydrogen-bond donors (Lipinski definition) is 1. The second-order valence-electron chi connectivity index (χ2n) is 4.85. The first kappa shape index (κ1) is 13.9. The molecule has 0 aromatic carbocycles. The fourth-order valence-corrected chi connectivity index (χ4v) is 2.11. The molecule has 0 radical (unpaired) electrons. The highest BCUT2D eigenvalue weighted by Crippen LogP contribution is 2.29. The normalized spacial score (nSPS) is 18.0. The van der Waals surface area contributed by atoms with Gasteiger partial charge in [0.2, 0.25) is 0 Å². The van der Waals surface area contributed by atoms with Gasteiger partial charge in [-0.3, -0.25) is 0 Å². The number of nitrogens with zero attached hydrogens (tertiary/aromatic N) is 1. The third kappa shape index (κ3) is 5.83. The Morgan fingerprint density at radius 3 is 2.56 bits per heavy atom. The molecule has 1 unspecified atom stereocenters. The van der Waals surface area contributed by atoms with Crippen LogP contribution in [-0.4, -0.2) is 43.8 Å². The van der Waals surface area contributed by atoms with Crippen LogP contribution in [0.2, 0.25) is 0 Å². The molecule has 0 saturated heterocycles. The van der Waals surface area contributed by atoms with Gasteiger partial charge in [0.25, 0.3) is 0 Å². The first-order valence-corrected chi connectivity index (χ1v) is 6.84. The highest BCUT2D eigenvalue weighted by Gasteiger charge is 2.24. The van der Waals surface area contributed by atoms with Crippen molar-refractivity contribution in [3.05, 3.63) is 0 Å². The van der Waals surface area contributed by atoms with Crippen LogP contribution in [0.4, 0.5) is 0 Å². The molecule has 3 heteroatoms. The Bertz CT molecular complexity index is 171. The summed E-state index contributed by atoms with van der Waals surface area (Å²) in [5.41, 5.74) is 5.69. The van der Waals surface area contributed by atoms with Crippen LogP contribution in [0.3, 0.4) is 0 Å². The van der Waals surface area contributed by atoms with Crippen LogP contribution in [-0.2, 0) is 4.74 Å². The van der Waals surface area contributed by atoms with Gasteiger partial charge in [0.05, 0.1) is 6.10 Å². The molecule has 0 aliphatic heterocycles. The zero-order chi connectivity index (χ0) is 11.8. The Balaban J connectivity index is 2.17. The molecular formula is C13H28N2O. The van der Waals surface area contributed by atoms with E-state index < -0.39 is 0 Å². The zero-order valence-electron chi connectivity index (χ0n) is 11.0. The van der Waals surface area contributed by atoms with Gasteiger partial charge in [-0.25, -0.2) is 0 Å². The van der Waals surface area contributed by atoms with Crippen LogP contribution in [0.1, 0.15) is 39.5 Å². The molecule has 1 atom stereocenters. The summed E-state index contributed by atoms with van der Waals surface area (Å²) < 4.78 is 5.59. The molecule has 0 heterocycles. The lowest BCUT2D eigenvalue weighted by molar-refractivity contribution is 0.0539. The van der Waals surface area contributed by atoms with Gasteiger partial charge in [0.1, 0.15) is 0 Å². The Hall–Kier alpha value is -0.120. The van der Waals surface area contributed by atoms with E-state index in [1.807, 2.05) is 6.92 Å². The largest absolute Gasteiger partial charge is 0.377 e. The van der Waals surface area contributed by atoms with Crippen molar-refractivity contribution in [2.75, 3.05) is 32.8 Å². The van der Waals surface area contributed by atoms with Crippen LogP contribution in [0.25, 0.3) is 0 Å². The van der Waals surface area contributed by atoms with Crippen LogP contribution >= 0.6 is 0 Å². The molecule has 1 fully saturated rings. The van der Waals surface area contributed by atoms with E-state index in [0.29, 0.717) is 6.54 Å². The lowest BCUT2D eigenvalue weighted by Gasteiger charge is -2.24. The summed E-state index contributed by atoms with van der Waals surface area (Å²) in [7, 11) is 0. The quantitative estimate of drug-likeness (QED) is 0.620. The molecule has 96 valence electrons. The van der Waals surface area contributed by atoms with E-state index in [0.717, 1.165) is 25.5 Å². The molecule has 16 heavy (non-hydrogen) atoms. The summed E-state index contributed by atoms with van der Waals surface area (Å²) in [6.45, 7) is 9.37. The van der Waals surface area contributed by atoms with E-state index in [2.05, 4.69) is 11.8 Å². The molecule has 0 amide bonds. The highest BCUT2D eigenvalue weighted by molar-refractivity contribution is 4.77. The average Bonchev–Trinajstić information content (AvgIpc) is 3.08. The second-order valence-corrected chi connectivity index (χ2v) is 4.85. The third-order valence-corrected chi connectivity index (χ3v) is 3.19. The van der Waals surface area contributed by atoms with E-state index in [4.69, 9.17) is 10.5 Å². The molecule has 1 rings (SSSR count). The molecule has 0 bridgehead atoms. The highest BCUT2D eigenvalue weighted by atomic mass is 16.5. The molecule has 3 nitrogen and oxygen atoms in total. The second kappa shape index (κ2) is 8.04. The van der Waals surface area contributed by atoms with Gasteiger partial charge in [-0.05, 0) is 45.1 Å². The predicted octanol–water partition coefficient (Wildman–Crippen LogP) is 1.86. The van der Waals surface area contributed by atoms with E-state index >= 15 is 0 Å². The van der Waals surface area contributed by atoms with Crippen molar-refractivity contribution in [1.29, 1.82) is 0 Å². The number of ether oxygens (including phenoxy) is 1. The maximum Gasteiger partial charge on any atom is 0.0709 e. The lowest BCUT2D eigenvalue weighted by Crippen LogP contribution is -2.33. The lowest BCUT2D eigenvalue weighted by atomic mass is 10.2. The molecule has 1 saturated carbocycles. The first-order chi connectivity index (χ1) is 7.80. The molecule has 2 N–H and O–H groups in total. The maximum absolute atomic E-state index is 5.69. The molecule has 0 spiro atoms. The summed E-state index contributed by atoms with van der Waals surface area (Å²) in [6, 6.07) is 0. The van der Waals surface area contributed by atoms with Crippen molar-refractivity contribution in [2.45, 2.75) is 45.6 Å². The van der Waals surface area contributed by atoms with Gasteiger partial charge in [0, 0.05) is 26.2 Å². The van der Waals surface area contributed by atoms with Gasteiger partial charge < -0.3 is 15.4 Å². The topological polar surface area (TPSA) is 38.5 Å². The Labute approximate surface area is 100 Å². The minimum absolute atomic E-state index is 0.253. The van der Waals surface area contributed by atoms with Crippen molar-refractivity contribution in [3.8, 4) is 0 Å². The van der Waals surface area contributed by atoms with Crippen molar-refractivity contribution in [3.63, 3.8) is 0 Å². The minimum atomic E-state index is 0.253. The summed E-state index contributed by atoms with van der Waals surface area (Å²) in [5, 5.41) is 0. The van der Waals surface area contributed by atoms with Crippen molar-refractivity contribution < 1.29 is 4.74 Å². The Morgan fingerprint density at radius 1 is 1.31 bits per heavy atom. The van der Waals surface area contributed by atoms with Crippen molar-refractivity contribution in [2.24, 2.45) is 11.7 Å². The zero-order valence-corrected chi connectivity index (χ0v) is 11.0. The molecule has 0 aromatic heterocycles. The standard InChI is InChI=1S/C13H28N2O/c1-3-8-15(11-12-5-6-12)9-7-13(10-14)16-4-2/h12-13H,3-11,14H2,1-2H3. The summed E-state index contributed by atoms with van der Waals surface area (Å²) in [6.07, 6.45) is 5.45. The number of nitrogens with two attached hydrogens (primary N) is 1. The number of rotatable bonds is 10. The van der Waals surface area contributed by atoms with E-state index in [-0.39, 0.29) is 6.10 Å². The predicted molar refractivity (Wildman–Crippen MR) is 68.5 cm³/mol. The van der Waals surface area contributed by atoms with Crippen LogP contribution in [0, 0.1) is 5.92 Å². The fourth-order valence-electron chi connectivity index (χ4n) is 2.11. The molecular weight excluding hydrogens is 200 g/mol. The monoisotopic (exact) mass is 228 g/mol. The van der Waals surface area contributed by atoms with E-state index in [9.17, 15) is 0 Å². The van der Waals surface area contributed by atoms with Crippen LogP contribution in [0.15, 0.2) is 0 Å². The van der Waals surface area contributed by atoms with Crippen molar-refractivity contribution >= 4 is 0 Å². The van der Waals surface area contributed by atoms with Gasteiger partial charge in [0.15, 0.2) is 0 Å². The van der Waals surface area contributed by atoms with Gasteiger partial charge in [-0.1, -0.05) is 6.92 Å².